The first-order chi connectivity index (χ1) is 9.19. The minimum atomic E-state index is -0.0266. The first kappa shape index (κ1) is 15.5. The molecule has 0 bridgehead atoms. The van der Waals surface area contributed by atoms with E-state index in [1.165, 1.54) is 0 Å². The molecule has 0 aliphatic rings. The van der Waals surface area contributed by atoms with Gasteiger partial charge in [0.1, 0.15) is 0 Å². The maximum Gasteiger partial charge on any atom is 0.251 e. The Morgan fingerprint density at radius 2 is 2.11 bits per heavy atom. The lowest BCUT2D eigenvalue weighted by atomic mass is 10.1. The van der Waals surface area contributed by atoms with Crippen molar-refractivity contribution >= 4 is 11.6 Å². The number of hydrogen-bond acceptors (Lipinski definition) is 3. The number of amides is 1. The van der Waals surface area contributed by atoms with Crippen LogP contribution in [0.1, 0.15) is 35.7 Å². The minimum Gasteiger partial charge on any atom is -0.388 e. The summed E-state index contributed by atoms with van der Waals surface area (Å²) < 4.78 is 5.36. The second kappa shape index (κ2) is 8.53. The predicted molar refractivity (Wildman–Crippen MR) is 78.8 cm³/mol. The van der Waals surface area contributed by atoms with Crippen molar-refractivity contribution in [1.82, 2.24) is 5.32 Å². The van der Waals surface area contributed by atoms with Crippen molar-refractivity contribution in [2.24, 2.45) is 0 Å². The Labute approximate surface area is 115 Å². The van der Waals surface area contributed by atoms with E-state index in [1.54, 1.807) is 0 Å². The third kappa shape index (κ3) is 5.30. The minimum absolute atomic E-state index is 0.0266. The molecule has 1 aromatic rings. The van der Waals surface area contributed by atoms with Crippen molar-refractivity contribution in [3.63, 3.8) is 0 Å². The zero-order valence-corrected chi connectivity index (χ0v) is 12.1. The summed E-state index contributed by atoms with van der Waals surface area (Å²) in [6.45, 7) is 6.21. The molecule has 106 valence electrons. The van der Waals surface area contributed by atoms with Crippen LogP contribution in [-0.2, 0) is 4.74 Å². The molecule has 4 nitrogen and oxygen atoms in total. The summed E-state index contributed by atoms with van der Waals surface area (Å²) in [5, 5.41) is 5.99. The number of nitrogens with one attached hydrogen (secondary N) is 2. The van der Waals surface area contributed by atoms with Crippen molar-refractivity contribution in [3.05, 3.63) is 29.3 Å². The van der Waals surface area contributed by atoms with Crippen LogP contribution in [0.5, 0.6) is 0 Å². The van der Waals surface area contributed by atoms with Gasteiger partial charge in [-0.1, -0.05) is 6.92 Å². The van der Waals surface area contributed by atoms with Gasteiger partial charge in [0.05, 0.1) is 0 Å². The summed E-state index contributed by atoms with van der Waals surface area (Å²) in [6.07, 6.45) is 1.88. The molecule has 1 aromatic carbocycles. The molecular formula is C15H24N2O2. The molecule has 0 saturated carbocycles. The predicted octanol–water partition coefficient (Wildman–Crippen LogP) is 2.58. The topological polar surface area (TPSA) is 50.4 Å². The molecule has 19 heavy (non-hydrogen) atoms. The third-order valence-electron chi connectivity index (χ3n) is 2.86. The molecule has 0 heterocycles. The van der Waals surface area contributed by atoms with Gasteiger partial charge in [-0.3, -0.25) is 4.79 Å². The fourth-order valence-corrected chi connectivity index (χ4v) is 1.81. The van der Waals surface area contributed by atoms with E-state index in [0.717, 1.165) is 30.7 Å². The zero-order chi connectivity index (χ0) is 14.1. The molecule has 0 saturated heterocycles. The molecule has 4 heteroatoms. The van der Waals surface area contributed by atoms with Gasteiger partial charge in [0, 0.05) is 38.1 Å². The highest BCUT2D eigenvalue weighted by Gasteiger charge is 2.06. The van der Waals surface area contributed by atoms with Crippen molar-refractivity contribution in [1.29, 1.82) is 0 Å². The number of hydrogen-bond donors (Lipinski definition) is 2. The van der Waals surface area contributed by atoms with E-state index in [9.17, 15) is 4.79 Å². The molecule has 1 amide bonds. The first-order valence-corrected chi connectivity index (χ1v) is 6.83. The average Bonchev–Trinajstić information content (AvgIpc) is 2.42. The van der Waals surface area contributed by atoms with E-state index in [0.29, 0.717) is 18.7 Å². The molecule has 0 radical (unpaired) electrons. The Kier molecular flexibility index (Phi) is 6.97. The Morgan fingerprint density at radius 3 is 2.74 bits per heavy atom. The Hall–Kier alpha value is -1.55. The summed E-state index contributed by atoms with van der Waals surface area (Å²) in [5.74, 6) is -0.0266. The van der Waals surface area contributed by atoms with Crippen LogP contribution in [-0.4, -0.2) is 32.7 Å². The Balaban J connectivity index is 2.35. The number of rotatable bonds is 8. The van der Waals surface area contributed by atoms with Crippen LogP contribution in [0.25, 0.3) is 0 Å². The lowest BCUT2D eigenvalue weighted by Gasteiger charge is -2.09. The molecule has 0 aliphatic heterocycles. The SMILES string of the molecule is CCCOCCCNC(=O)c1ccc(NC)c(C)c1. The summed E-state index contributed by atoms with van der Waals surface area (Å²) in [4.78, 5) is 11.9. The van der Waals surface area contributed by atoms with Crippen LogP contribution in [0.4, 0.5) is 5.69 Å². The smallest absolute Gasteiger partial charge is 0.251 e. The number of ether oxygens (including phenoxy) is 1. The molecule has 0 fully saturated rings. The molecule has 1 rings (SSSR count). The third-order valence-corrected chi connectivity index (χ3v) is 2.86. The molecule has 0 unspecified atom stereocenters. The van der Waals surface area contributed by atoms with Gasteiger partial charge >= 0.3 is 0 Å². The standard InChI is InChI=1S/C15H24N2O2/c1-4-9-19-10-5-8-17-15(18)13-6-7-14(16-3)12(2)11-13/h6-7,11,16H,4-5,8-10H2,1-3H3,(H,17,18). The highest BCUT2D eigenvalue weighted by Crippen LogP contribution is 2.15. The molecule has 2 N–H and O–H groups in total. The van der Waals surface area contributed by atoms with Crippen molar-refractivity contribution < 1.29 is 9.53 Å². The number of carbonyl (C=O) groups excluding carboxylic acids is 1. The molecular weight excluding hydrogens is 240 g/mol. The van der Waals surface area contributed by atoms with Gasteiger partial charge in [0.2, 0.25) is 0 Å². The van der Waals surface area contributed by atoms with Crippen LogP contribution >= 0.6 is 0 Å². The zero-order valence-electron chi connectivity index (χ0n) is 12.1. The van der Waals surface area contributed by atoms with E-state index in [1.807, 2.05) is 32.2 Å². The van der Waals surface area contributed by atoms with Gasteiger partial charge in [-0.15, -0.1) is 0 Å². The number of aryl methyl sites for hydroxylation is 1. The quantitative estimate of drug-likeness (QED) is 0.710. The normalized spacial score (nSPS) is 10.3. The van der Waals surface area contributed by atoms with E-state index in [4.69, 9.17) is 4.74 Å². The van der Waals surface area contributed by atoms with Crippen LogP contribution in [0.3, 0.4) is 0 Å². The molecule has 0 aliphatic carbocycles. The van der Waals surface area contributed by atoms with Gasteiger partial charge in [-0.25, -0.2) is 0 Å². The average molecular weight is 264 g/mol. The second-order valence-electron chi connectivity index (χ2n) is 4.50. The van der Waals surface area contributed by atoms with E-state index < -0.39 is 0 Å². The summed E-state index contributed by atoms with van der Waals surface area (Å²) in [6, 6.07) is 5.66. The van der Waals surface area contributed by atoms with Crippen molar-refractivity contribution in [3.8, 4) is 0 Å². The number of benzene rings is 1. The highest BCUT2D eigenvalue weighted by molar-refractivity contribution is 5.94. The monoisotopic (exact) mass is 264 g/mol. The van der Waals surface area contributed by atoms with Crippen LogP contribution in [0.15, 0.2) is 18.2 Å². The second-order valence-corrected chi connectivity index (χ2v) is 4.50. The van der Waals surface area contributed by atoms with Gasteiger partial charge in [-0.05, 0) is 43.5 Å². The van der Waals surface area contributed by atoms with Gasteiger partial charge in [-0.2, -0.15) is 0 Å². The number of carbonyl (C=O) groups is 1. The molecule has 0 spiro atoms. The van der Waals surface area contributed by atoms with Gasteiger partial charge in [0.25, 0.3) is 5.91 Å². The Bertz CT molecular complexity index is 405. The summed E-state index contributed by atoms with van der Waals surface area (Å²) in [5.41, 5.74) is 2.82. The van der Waals surface area contributed by atoms with E-state index >= 15 is 0 Å². The molecule has 0 aromatic heterocycles. The maximum absolute atomic E-state index is 11.9. The molecule has 0 atom stereocenters. The van der Waals surface area contributed by atoms with Crippen molar-refractivity contribution in [2.45, 2.75) is 26.7 Å². The van der Waals surface area contributed by atoms with E-state index in [-0.39, 0.29) is 5.91 Å². The fourth-order valence-electron chi connectivity index (χ4n) is 1.81. The highest BCUT2D eigenvalue weighted by atomic mass is 16.5. The first-order valence-electron chi connectivity index (χ1n) is 6.83. The lowest BCUT2D eigenvalue weighted by molar-refractivity contribution is 0.0941. The van der Waals surface area contributed by atoms with Gasteiger partial charge < -0.3 is 15.4 Å². The summed E-state index contributed by atoms with van der Waals surface area (Å²) in [7, 11) is 1.87. The largest absolute Gasteiger partial charge is 0.388 e. The van der Waals surface area contributed by atoms with E-state index in [2.05, 4.69) is 17.6 Å². The maximum atomic E-state index is 11.9. The van der Waals surface area contributed by atoms with Crippen LogP contribution in [0, 0.1) is 6.92 Å². The summed E-state index contributed by atoms with van der Waals surface area (Å²) >= 11 is 0. The van der Waals surface area contributed by atoms with Gasteiger partial charge in [0.15, 0.2) is 0 Å². The fraction of sp³-hybridized carbons (Fsp3) is 0.533. The lowest BCUT2D eigenvalue weighted by Crippen LogP contribution is -2.25. The Morgan fingerprint density at radius 1 is 1.32 bits per heavy atom. The van der Waals surface area contributed by atoms with Crippen molar-refractivity contribution in [2.75, 3.05) is 32.1 Å². The van der Waals surface area contributed by atoms with Crippen LogP contribution in [0.2, 0.25) is 0 Å². The van der Waals surface area contributed by atoms with Crippen LogP contribution < -0.4 is 10.6 Å². The number of anilines is 1.